The van der Waals surface area contributed by atoms with Crippen molar-refractivity contribution in [2.75, 3.05) is 38.6 Å². The zero-order valence-electron chi connectivity index (χ0n) is 13.4. The molecule has 0 saturated heterocycles. The van der Waals surface area contributed by atoms with Crippen molar-refractivity contribution in [1.29, 1.82) is 0 Å². The second kappa shape index (κ2) is 8.50. The lowest BCUT2D eigenvalue weighted by Crippen LogP contribution is -2.40. The predicted octanol–water partition coefficient (Wildman–Crippen LogP) is 3.23. The Morgan fingerprint density at radius 2 is 1.95 bits per heavy atom. The number of halogens is 1. The molecule has 0 fully saturated rings. The zero-order chi connectivity index (χ0) is 15.1. The predicted molar refractivity (Wildman–Crippen MR) is 89.9 cm³/mol. The maximum absolute atomic E-state index is 6.20. The van der Waals surface area contributed by atoms with Gasteiger partial charge in [0.05, 0.1) is 0 Å². The number of hydrogen-bond acceptors (Lipinski definition) is 3. The summed E-state index contributed by atoms with van der Waals surface area (Å²) in [5, 5.41) is 4.20. The number of hydrogen-bond donors (Lipinski definition) is 1. The molecule has 1 N–H and O–H groups in total. The third-order valence-corrected chi connectivity index (χ3v) is 3.66. The lowest BCUT2D eigenvalue weighted by molar-refractivity contribution is 0.372. The number of nitrogens with one attached hydrogen (secondary N) is 1. The van der Waals surface area contributed by atoms with Gasteiger partial charge in [-0.3, -0.25) is 0 Å². The Labute approximate surface area is 128 Å². The van der Waals surface area contributed by atoms with Crippen LogP contribution in [0.1, 0.15) is 26.3 Å². The highest BCUT2D eigenvalue weighted by Gasteiger charge is 2.17. The van der Waals surface area contributed by atoms with Crippen LogP contribution in [0.25, 0.3) is 0 Å². The molecule has 0 heterocycles. The average Bonchev–Trinajstić information content (AvgIpc) is 2.38. The van der Waals surface area contributed by atoms with Crippen molar-refractivity contribution < 1.29 is 0 Å². The van der Waals surface area contributed by atoms with Crippen LogP contribution in [0.15, 0.2) is 18.2 Å². The Hall–Kier alpha value is -0.770. The number of rotatable bonds is 8. The van der Waals surface area contributed by atoms with E-state index in [1.165, 1.54) is 11.3 Å². The maximum Gasteiger partial charge on any atom is 0.0429 e. The first-order valence-electron chi connectivity index (χ1n) is 7.40. The first kappa shape index (κ1) is 17.3. The van der Waals surface area contributed by atoms with Crippen molar-refractivity contribution in [2.45, 2.75) is 33.4 Å². The molecule has 4 heteroatoms. The molecule has 3 nitrogen and oxygen atoms in total. The molecule has 0 aliphatic carbocycles. The standard InChI is InChI=1S/C16H28ClN3/c1-6-18-11-14-8-9-15(17)10-16(14)20(7-2)13(3)12-19(4)5/h8-10,13,18H,6-7,11-12H2,1-5H3. The summed E-state index contributed by atoms with van der Waals surface area (Å²) in [6.45, 7) is 10.5. The molecule has 1 aromatic rings. The van der Waals surface area contributed by atoms with Gasteiger partial charge in [0, 0.05) is 36.4 Å². The molecule has 114 valence electrons. The van der Waals surface area contributed by atoms with E-state index in [4.69, 9.17) is 11.6 Å². The van der Waals surface area contributed by atoms with E-state index in [2.05, 4.69) is 62.1 Å². The molecule has 1 aromatic carbocycles. The fraction of sp³-hybridized carbons (Fsp3) is 0.625. The normalized spacial score (nSPS) is 12.8. The molecule has 0 spiro atoms. The van der Waals surface area contributed by atoms with Crippen LogP contribution in [0.3, 0.4) is 0 Å². The summed E-state index contributed by atoms with van der Waals surface area (Å²) in [5.41, 5.74) is 2.55. The highest BCUT2D eigenvalue weighted by molar-refractivity contribution is 6.30. The number of nitrogens with zero attached hydrogens (tertiary/aromatic N) is 2. The van der Waals surface area contributed by atoms with E-state index in [0.717, 1.165) is 31.2 Å². The van der Waals surface area contributed by atoms with Crippen molar-refractivity contribution in [1.82, 2.24) is 10.2 Å². The molecule has 0 amide bonds. The van der Waals surface area contributed by atoms with Gasteiger partial charge in [-0.05, 0) is 52.2 Å². The fourth-order valence-corrected chi connectivity index (χ4v) is 2.73. The number of likely N-dealkylation sites (N-methyl/N-ethyl adjacent to an activating group) is 2. The molecule has 0 aliphatic rings. The molecular formula is C16H28ClN3. The van der Waals surface area contributed by atoms with Gasteiger partial charge in [0.15, 0.2) is 0 Å². The number of benzene rings is 1. The first-order chi connectivity index (χ1) is 9.49. The summed E-state index contributed by atoms with van der Waals surface area (Å²) >= 11 is 6.20. The fourth-order valence-electron chi connectivity index (χ4n) is 2.56. The molecule has 0 saturated carbocycles. The van der Waals surface area contributed by atoms with Gasteiger partial charge in [0.25, 0.3) is 0 Å². The Bertz CT molecular complexity index is 407. The van der Waals surface area contributed by atoms with Gasteiger partial charge >= 0.3 is 0 Å². The summed E-state index contributed by atoms with van der Waals surface area (Å²) in [4.78, 5) is 4.65. The third kappa shape index (κ3) is 4.97. The molecule has 1 atom stereocenters. The number of anilines is 1. The quantitative estimate of drug-likeness (QED) is 0.795. The molecule has 0 bridgehead atoms. The van der Waals surface area contributed by atoms with E-state index in [-0.39, 0.29) is 0 Å². The van der Waals surface area contributed by atoms with Gasteiger partial charge in [-0.1, -0.05) is 24.6 Å². The van der Waals surface area contributed by atoms with Gasteiger partial charge in [-0.2, -0.15) is 0 Å². The van der Waals surface area contributed by atoms with Crippen molar-refractivity contribution in [2.24, 2.45) is 0 Å². The van der Waals surface area contributed by atoms with Crippen LogP contribution >= 0.6 is 11.6 Å². The van der Waals surface area contributed by atoms with Crippen LogP contribution in [0, 0.1) is 0 Å². The van der Waals surface area contributed by atoms with Crippen molar-refractivity contribution >= 4 is 17.3 Å². The highest BCUT2D eigenvalue weighted by Crippen LogP contribution is 2.26. The van der Waals surface area contributed by atoms with Crippen LogP contribution < -0.4 is 10.2 Å². The molecule has 1 unspecified atom stereocenters. The topological polar surface area (TPSA) is 18.5 Å². The van der Waals surface area contributed by atoms with Gasteiger partial charge in [0.1, 0.15) is 0 Å². The summed E-state index contributed by atoms with van der Waals surface area (Å²) in [6.07, 6.45) is 0. The van der Waals surface area contributed by atoms with Gasteiger partial charge < -0.3 is 15.1 Å². The second-order valence-electron chi connectivity index (χ2n) is 5.45. The Morgan fingerprint density at radius 3 is 2.50 bits per heavy atom. The van der Waals surface area contributed by atoms with Gasteiger partial charge in [0.2, 0.25) is 0 Å². The third-order valence-electron chi connectivity index (χ3n) is 3.42. The van der Waals surface area contributed by atoms with E-state index in [1.54, 1.807) is 0 Å². The van der Waals surface area contributed by atoms with E-state index in [9.17, 15) is 0 Å². The largest absolute Gasteiger partial charge is 0.368 e. The smallest absolute Gasteiger partial charge is 0.0429 e. The van der Waals surface area contributed by atoms with Crippen molar-refractivity contribution in [3.05, 3.63) is 28.8 Å². The zero-order valence-corrected chi connectivity index (χ0v) is 14.2. The lowest BCUT2D eigenvalue weighted by atomic mass is 10.1. The molecule has 20 heavy (non-hydrogen) atoms. The Balaban J connectivity index is 3.02. The average molecular weight is 298 g/mol. The Kier molecular flexibility index (Phi) is 7.35. The molecule has 1 rings (SSSR count). The summed E-state index contributed by atoms with van der Waals surface area (Å²) < 4.78 is 0. The lowest BCUT2D eigenvalue weighted by Gasteiger charge is -2.33. The van der Waals surface area contributed by atoms with E-state index >= 15 is 0 Å². The Morgan fingerprint density at radius 1 is 1.25 bits per heavy atom. The first-order valence-corrected chi connectivity index (χ1v) is 7.77. The molecule has 0 radical (unpaired) electrons. The van der Waals surface area contributed by atoms with Crippen molar-refractivity contribution in [3.63, 3.8) is 0 Å². The maximum atomic E-state index is 6.20. The SMILES string of the molecule is CCNCc1ccc(Cl)cc1N(CC)C(C)CN(C)C. The van der Waals surface area contributed by atoms with Gasteiger partial charge in [-0.25, -0.2) is 0 Å². The van der Waals surface area contributed by atoms with Crippen LogP contribution in [-0.2, 0) is 6.54 Å². The van der Waals surface area contributed by atoms with Crippen molar-refractivity contribution in [3.8, 4) is 0 Å². The van der Waals surface area contributed by atoms with Crippen LogP contribution in [0.2, 0.25) is 5.02 Å². The molecule has 0 aliphatic heterocycles. The van der Waals surface area contributed by atoms with E-state index < -0.39 is 0 Å². The summed E-state index contributed by atoms with van der Waals surface area (Å²) in [7, 11) is 4.23. The van der Waals surface area contributed by atoms with E-state index in [1.807, 2.05) is 6.07 Å². The molecule has 0 aromatic heterocycles. The van der Waals surface area contributed by atoms with Crippen LogP contribution in [0.4, 0.5) is 5.69 Å². The molecular weight excluding hydrogens is 270 g/mol. The minimum absolute atomic E-state index is 0.453. The van der Waals surface area contributed by atoms with Crippen LogP contribution in [0.5, 0.6) is 0 Å². The van der Waals surface area contributed by atoms with E-state index in [0.29, 0.717) is 6.04 Å². The minimum Gasteiger partial charge on any atom is -0.368 e. The highest BCUT2D eigenvalue weighted by atomic mass is 35.5. The monoisotopic (exact) mass is 297 g/mol. The van der Waals surface area contributed by atoms with Gasteiger partial charge in [-0.15, -0.1) is 0 Å². The van der Waals surface area contributed by atoms with Crippen LogP contribution in [-0.4, -0.2) is 44.7 Å². The summed E-state index contributed by atoms with van der Waals surface area (Å²) in [5.74, 6) is 0. The minimum atomic E-state index is 0.453. The summed E-state index contributed by atoms with van der Waals surface area (Å²) in [6, 6.07) is 6.64. The second-order valence-corrected chi connectivity index (χ2v) is 5.89.